The highest BCUT2D eigenvalue weighted by Gasteiger charge is 2.22. The standard InChI is InChI=1S/C25H25N3OS/c1-29-20-12-6-5-10-18(20)14-15-26-24-23-19-11-7-13-21(19)30-25(23)28-22(27-24)16-17-8-3-2-4-9-17/h2-6,8-10,12H,7,11,13-16H2,1H3,(H,26,27,28). The van der Waals surface area contributed by atoms with Crippen molar-refractivity contribution in [3.63, 3.8) is 0 Å². The molecule has 4 aromatic rings. The number of methoxy groups -OCH3 is 1. The highest BCUT2D eigenvalue weighted by molar-refractivity contribution is 7.19. The second-order valence-electron chi connectivity index (χ2n) is 7.68. The van der Waals surface area contributed by atoms with Gasteiger partial charge in [0.25, 0.3) is 0 Å². The van der Waals surface area contributed by atoms with Gasteiger partial charge in [-0.3, -0.25) is 0 Å². The van der Waals surface area contributed by atoms with Gasteiger partial charge in [-0.05, 0) is 48.4 Å². The van der Waals surface area contributed by atoms with Crippen molar-refractivity contribution in [2.75, 3.05) is 19.0 Å². The lowest BCUT2D eigenvalue weighted by molar-refractivity contribution is 0.410. The van der Waals surface area contributed by atoms with E-state index < -0.39 is 0 Å². The number of benzene rings is 2. The summed E-state index contributed by atoms with van der Waals surface area (Å²) in [6, 6.07) is 18.7. The van der Waals surface area contributed by atoms with E-state index in [4.69, 9.17) is 14.7 Å². The third-order valence-corrected chi connectivity index (χ3v) is 6.88. The monoisotopic (exact) mass is 415 g/mol. The molecule has 1 aliphatic rings. The number of anilines is 1. The number of nitrogens with one attached hydrogen (secondary N) is 1. The number of fused-ring (bicyclic) bond motifs is 3. The Bertz CT molecular complexity index is 1170. The minimum Gasteiger partial charge on any atom is -0.496 e. The quantitative estimate of drug-likeness (QED) is 0.437. The summed E-state index contributed by atoms with van der Waals surface area (Å²) in [4.78, 5) is 12.5. The summed E-state index contributed by atoms with van der Waals surface area (Å²) in [5.41, 5.74) is 3.90. The molecule has 2 aromatic heterocycles. The number of para-hydroxylation sites is 1. The smallest absolute Gasteiger partial charge is 0.138 e. The fraction of sp³-hybridized carbons (Fsp3) is 0.280. The lowest BCUT2D eigenvalue weighted by Gasteiger charge is -2.12. The molecule has 0 radical (unpaired) electrons. The maximum Gasteiger partial charge on any atom is 0.138 e. The first-order chi connectivity index (χ1) is 14.8. The largest absolute Gasteiger partial charge is 0.496 e. The van der Waals surface area contributed by atoms with Crippen molar-refractivity contribution in [3.05, 3.63) is 82.0 Å². The van der Waals surface area contributed by atoms with Crippen molar-refractivity contribution in [2.24, 2.45) is 0 Å². The van der Waals surface area contributed by atoms with Crippen LogP contribution in [0.4, 0.5) is 5.82 Å². The molecule has 0 fully saturated rings. The van der Waals surface area contributed by atoms with E-state index in [0.29, 0.717) is 0 Å². The summed E-state index contributed by atoms with van der Waals surface area (Å²) in [5.74, 6) is 2.81. The number of thiophene rings is 1. The van der Waals surface area contributed by atoms with Gasteiger partial charge in [-0.15, -0.1) is 11.3 Å². The Labute approximate surface area is 181 Å². The van der Waals surface area contributed by atoms with Crippen molar-refractivity contribution >= 4 is 27.4 Å². The zero-order valence-corrected chi connectivity index (χ0v) is 18.0. The molecule has 2 aromatic carbocycles. The van der Waals surface area contributed by atoms with Gasteiger partial charge in [0, 0.05) is 17.8 Å². The first kappa shape index (κ1) is 19.1. The predicted octanol–water partition coefficient (Wildman–Crippen LogP) is 5.43. The van der Waals surface area contributed by atoms with Crippen LogP contribution in [-0.2, 0) is 25.7 Å². The topological polar surface area (TPSA) is 47.0 Å². The van der Waals surface area contributed by atoms with E-state index in [-0.39, 0.29) is 0 Å². The van der Waals surface area contributed by atoms with E-state index in [1.165, 1.54) is 39.8 Å². The van der Waals surface area contributed by atoms with Crippen molar-refractivity contribution in [1.29, 1.82) is 0 Å². The second kappa shape index (κ2) is 8.44. The van der Waals surface area contributed by atoms with Crippen LogP contribution < -0.4 is 10.1 Å². The second-order valence-corrected chi connectivity index (χ2v) is 8.76. The van der Waals surface area contributed by atoms with Gasteiger partial charge in [-0.1, -0.05) is 48.5 Å². The van der Waals surface area contributed by atoms with E-state index in [0.717, 1.165) is 48.0 Å². The van der Waals surface area contributed by atoms with Crippen LogP contribution in [0.5, 0.6) is 5.75 Å². The molecule has 0 saturated heterocycles. The fourth-order valence-electron chi connectivity index (χ4n) is 4.25. The Kier molecular flexibility index (Phi) is 5.37. The molecule has 5 rings (SSSR count). The molecule has 152 valence electrons. The van der Waals surface area contributed by atoms with Crippen LogP contribution in [0.1, 0.15) is 33.8 Å². The lowest BCUT2D eigenvalue weighted by atomic mass is 10.1. The number of nitrogens with zero attached hydrogens (tertiary/aromatic N) is 2. The van der Waals surface area contributed by atoms with Gasteiger partial charge in [-0.2, -0.15) is 0 Å². The minimum atomic E-state index is 0.751. The molecule has 0 spiro atoms. The Morgan fingerprint density at radius 1 is 1.00 bits per heavy atom. The number of hydrogen-bond acceptors (Lipinski definition) is 5. The molecular formula is C25H25N3OS. The zero-order chi connectivity index (χ0) is 20.3. The number of aromatic nitrogens is 2. The summed E-state index contributed by atoms with van der Waals surface area (Å²) < 4.78 is 5.50. The van der Waals surface area contributed by atoms with Gasteiger partial charge >= 0.3 is 0 Å². The van der Waals surface area contributed by atoms with Gasteiger partial charge in [0.05, 0.1) is 12.5 Å². The van der Waals surface area contributed by atoms with Crippen LogP contribution in [-0.4, -0.2) is 23.6 Å². The number of ether oxygens (including phenoxy) is 1. The molecule has 0 bridgehead atoms. The molecule has 1 aliphatic carbocycles. The predicted molar refractivity (Wildman–Crippen MR) is 124 cm³/mol. The number of rotatable bonds is 7. The summed E-state index contributed by atoms with van der Waals surface area (Å²) in [7, 11) is 1.73. The van der Waals surface area contributed by atoms with E-state index in [1.807, 2.05) is 29.5 Å². The third kappa shape index (κ3) is 3.77. The zero-order valence-electron chi connectivity index (χ0n) is 17.1. The van der Waals surface area contributed by atoms with E-state index >= 15 is 0 Å². The van der Waals surface area contributed by atoms with E-state index in [1.54, 1.807) is 7.11 Å². The van der Waals surface area contributed by atoms with Crippen molar-refractivity contribution in [2.45, 2.75) is 32.1 Å². The van der Waals surface area contributed by atoms with Gasteiger partial charge in [0.2, 0.25) is 0 Å². The van der Waals surface area contributed by atoms with E-state index in [2.05, 4.69) is 41.7 Å². The Balaban J connectivity index is 1.44. The van der Waals surface area contributed by atoms with Crippen LogP contribution in [0, 0.1) is 0 Å². The van der Waals surface area contributed by atoms with Crippen LogP contribution >= 0.6 is 11.3 Å². The number of hydrogen-bond donors (Lipinski definition) is 1. The Morgan fingerprint density at radius 2 is 1.83 bits per heavy atom. The molecule has 0 aliphatic heterocycles. The first-order valence-electron chi connectivity index (χ1n) is 10.5. The molecule has 0 unspecified atom stereocenters. The van der Waals surface area contributed by atoms with Crippen LogP contribution in [0.2, 0.25) is 0 Å². The molecule has 4 nitrogen and oxygen atoms in total. The van der Waals surface area contributed by atoms with Gasteiger partial charge in [-0.25, -0.2) is 9.97 Å². The molecule has 5 heteroatoms. The average molecular weight is 416 g/mol. The lowest BCUT2D eigenvalue weighted by Crippen LogP contribution is -2.10. The van der Waals surface area contributed by atoms with Crippen molar-refractivity contribution in [3.8, 4) is 5.75 Å². The SMILES string of the molecule is COc1ccccc1CCNc1nc(Cc2ccccc2)nc2sc3c(c12)CCC3. The average Bonchev–Trinajstić information content (AvgIpc) is 3.36. The Morgan fingerprint density at radius 3 is 2.70 bits per heavy atom. The number of aryl methyl sites for hydroxylation is 2. The normalized spacial score (nSPS) is 12.8. The van der Waals surface area contributed by atoms with Crippen molar-refractivity contribution in [1.82, 2.24) is 9.97 Å². The molecule has 0 atom stereocenters. The van der Waals surface area contributed by atoms with Crippen LogP contribution in [0.25, 0.3) is 10.2 Å². The van der Waals surface area contributed by atoms with Gasteiger partial charge in [0.15, 0.2) is 0 Å². The molecule has 2 heterocycles. The van der Waals surface area contributed by atoms with E-state index in [9.17, 15) is 0 Å². The van der Waals surface area contributed by atoms with Gasteiger partial charge < -0.3 is 10.1 Å². The third-order valence-electron chi connectivity index (χ3n) is 5.70. The van der Waals surface area contributed by atoms with Crippen molar-refractivity contribution < 1.29 is 4.74 Å². The molecule has 30 heavy (non-hydrogen) atoms. The summed E-state index contributed by atoms with van der Waals surface area (Å²) in [6.07, 6.45) is 5.18. The van der Waals surface area contributed by atoms with Gasteiger partial charge in [0.1, 0.15) is 22.2 Å². The maximum absolute atomic E-state index is 5.50. The summed E-state index contributed by atoms with van der Waals surface area (Å²) in [5, 5.41) is 4.87. The van der Waals surface area contributed by atoms with Crippen LogP contribution in [0.3, 0.4) is 0 Å². The van der Waals surface area contributed by atoms with Crippen LogP contribution in [0.15, 0.2) is 54.6 Å². The highest BCUT2D eigenvalue weighted by atomic mass is 32.1. The first-order valence-corrected chi connectivity index (χ1v) is 11.3. The molecule has 0 amide bonds. The highest BCUT2D eigenvalue weighted by Crippen LogP contribution is 2.39. The molecule has 0 saturated carbocycles. The molecular weight excluding hydrogens is 390 g/mol. The molecule has 1 N–H and O–H groups in total. The summed E-state index contributed by atoms with van der Waals surface area (Å²) >= 11 is 1.85. The minimum absolute atomic E-state index is 0.751. The fourth-order valence-corrected chi connectivity index (χ4v) is 5.53. The Hall–Kier alpha value is -2.92. The summed E-state index contributed by atoms with van der Waals surface area (Å²) in [6.45, 7) is 0.807. The maximum atomic E-state index is 5.50.